The largest absolute Gasteiger partial charge is 0.493 e. The van der Waals surface area contributed by atoms with Crippen LogP contribution in [0.4, 0.5) is 23.1 Å². The lowest BCUT2D eigenvalue weighted by Crippen LogP contribution is -2.44. The molecule has 0 saturated carbocycles. The molecule has 37 heavy (non-hydrogen) atoms. The third kappa shape index (κ3) is 5.65. The molecule has 0 unspecified atom stereocenters. The van der Waals surface area contributed by atoms with Gasteiger partial charge in [-0.25, -0.2) is 4.98 Å². The predicted octanol–water partition coefficient (Wildman–Crippen LogP) is 3.30. The van der Waals surface area contributed by atoms with E-state index in [4.69, 9.17) is 9.72 Å². The van der Waals surface area contributed by atoms with Crippen molar-refractivity contribution in [3.8, 4) is 5.75 Å². The Balaban J connectivity index is 1.40. The summed E-state index contributed by atoms with van der Waals surface area (Å²) in [6.45, 7) is 7.38. The summed E-state index contributed by atoms with van der Waals surface area (Å²) in [5.41, 5.74) is 2.31. The molecule has 0 radical (unpaired) electrons. The molecule has 4 heterocycles. The van der Waals surface area contributed by atoms with Crippen LogP contribution in [-0.4, -0.2) is 75.7 Å². The van der Waals surface area contributed by atoms with Crippen LogP contribution in [0.3, 0.4) is 0 Å². The highest BCUT2D eigenvalue weighted by Gasteiger charge is 2.18. The summed E-state index contributed by atoms with van der Waals surface area (Å²) in [4.78, 5) is 31.1. The number of fused-ring (bicyclic) bond motifs is 1. The van der Waals surface area contributed by atoms with Crippen LogP contribution in [0.1, 0.15) is 0 Å². The van der Waals surface area contributed by atoms with E-state index in [0.29, 0.717) is 34.0 Å². The molecule has 0 spiro atoms. The van der Waals surface area contributed by atoms with Crippen LogP contribution in [0.25, 0.3) is 5.65 Å². The SMILES string of the molecule is C=CC(=O)Nc1cccc(Sc2nc(Nc3ncc(N4CCN(C)CC4)cc3OC)nc3ccnn23)c1. The number of nitrogens with zero attached hydrogens (tertiary/aromatic N) is 7. The number of carbonyl (C=O) groups is 1. The molecule has 1 aliphatic rings. The maximum Gasteiger partial charge on any atom is 0.247 e. The van der Waals surface area contributed by atoms with Crippen molar-refractivity contribution in [3.63, 3.8) is 0 Å². The molecule has 1 aromatic carbocycles. The molecule has 1 fully saturated rings. The summed E-state index contributed by atoms with van der Waals surface area (Å²) in [6, 6.07) is 11.2. The first-order chi connectivity index (χ1) is 18.0. The third-order valence-corrected chi connectivity index (χ3v) is 6.82. The van der Waals surface area contributed by atoms with Gasteiger partial charge in [0.25, 0.3) is 0 Å². The summed E-state index contributed by atoms with van der Waals surface area (Å²) in [5, 5.41) is 10.9. The molecule has 1 aliphatic heterocycles. The summed E-state index contributed by atoms with van der Waals surface area (Å²) in [7, 11) is 3.75. The van der Waals surface area contributed by atoms with Crippen molar-refractivity contribution in [3.05, 3.63) is 61.4 Å². The second-order valence-electron chi connectivity index (χ2n) is 8.41. The number of rotatable bonds is 8. The van der Waals surface area contributed by atoms with E-state index >= 15 is 0 Å². The van der Waals surface area contributed by atoms with Crippen molar-refractivity contribution < 1.29 is 9.53 Å². The molecule has 3 aromatic heterocycles. The van der Waals surface area contributed by atoms with Gasteiger partial charge in [-0.3, -0.25) is 4.79 Å². The number of hydrogen-bond donors (Lipinski definition) is 2. The average molecular weight is 518 g/mol. The van der Waals surface area contributed by atoms with Crippen molar-refractivity contribution >= 4 is 46.5 Å². The fraction of sp³-hybridized carbons (Fsp3) is 0.240. The van der Waals surface area contributed by atoms with E-state index in [0.717, 1.165) is 36.8 Å². The number of pyridine rings is 1. The Labute approximate surface area is 218 Å². The Kier molecular flexibility index (Phi) is 7.19. The first kappa shape index (κ1) is 24.5. The van der Waals surface area contributed by atoms with Gasteiger partial charge < -0.3 is 25.2 Å². The van der Waals surface area contributed by atoms with E-state index in [1.54, 1.807) is 23.9 Å². The van der Waals surface area contributed by atoms with Gasteiger partial charge in [-0.15, -0.1) is 0 Å². The molecular formula is C25H27N9O2S. The van der Waals surface area contributed by atoms with E-state index in [-0.39, 0.29) is 5.91 Å². The topological polar surface area (TPSA) is 113 Å². The average Bonchev–Trinajstić information content (AvgIpc) is 3.39. The Morgan fingerprint density at radius 2 is 2.00 bits per heavy atom. The lowest BCUT2D eigenvalue weighted by molar-refractivity contribution is -0.111. The van der Waals surface area contributed by atoms with Gasteiger partial charge in [-0.05, 0) is 43.1 Å². The number of methoxy groups -OCH3 is 1. The number of anilines is 4. The van der Waals surface area contributed by atoms with Crippen LogP contribution in [0.2, 0.25) is 0 Å². The van der Waals surface area contributed by atoms with Crippen LogP contribution < -0.4 is 20.3 Å². The second kappa shape index (κ2) is 10.8. The van der Waals surface area contributed by atoms with Crippen LogP contribution in [-0.2, 0) is 4.79 Å². The highest BCUT2D eigenvalue weighted by molar-refractivity contribution is 7.99. The lowest BCUT2D eigenvalue weighted by atomic mass is 10.2. The third-order valence-electron chi connectivity index (χ3n) is 5.88. The smallest absolute Gasteiger partial charge is 0.247 e. The molecule has 1 amide bonds. The van der Waals surface area contributed by atoms with Gasteiger partial charge >= 0.3 is 0 Å². The molecule has 0 aliphatic carbocycles. The molecule has 0 atom stereocenters. The number of piperazine rings is 1. The summed E-state index contributed by atoms with van der Waals surface area (Å²) in [6.07, 6.45) is 4.74. The van der Waals surface area contributed by atoms with Crippen molar-refractivity contribution in [2.45, 2.75) is 10.1 Å². The van der Waals surface area contributed by atoms with Crippen LogP contribution >= 0.6 is 11.8 Å². The van der Waals surface area contributed by atoms with Crippen LogP contribution in [0, 0.1) is 0 Å². The molecule has 2 N–H and O–H groups in total. The zero-order valence-corrected chi connectivity index (χ0v) is 21.4. The van der Waals surface area contributed by atoms with Gasteiger partial charge in [0.15, 0.2) is 22.4 Å². The van der Waals surface area contributed by atoms with Crippen molar-refractivity contribution in [2.75, 3.05) is 55.9 Å². The molecular weight excluding hydrogens is 490 g/mol. The van der Waals surface area contributed by atoms with Gasteiger partial charge in [0.2, 0.25) is 11.9 Å². The van der Waals surface area contributed by atoms with E-state index in [1.807, 2.05) is 36.5 Å². The minimum atomic E-state index is -0.273. The zero-order chi connectivity index (χ0) is 25.8. The monoisotopic (exact) mass is 517 g/mol. The minimum Gasteiger partial charge on any atom is -0.493 e. The van der Waals surface area contributed by atoms with Crippen molar-refractivity contribution in [1.29, 1.82) is 0 Å². The molecule has 11 nitrogen and oxygen atoms in total. The number of ether oxygens (including phenoxy) is 1. The number of hydrogen-bond acceptors (Lipinski definition) is 10. The van der Waals surface area contributed by atoms with Crippen LogP contribution in [0.15, 0.2) is 71.5 Å². The number of aromatic nitrogens is 5. The number of likely N-dealkylation sites (N-methyl/N-ethyl adjacent to an activating group) is 1. The summed E-state index contributed by atoms with van der Waals surface area (Å²) < 4.78 is 7.30. The molecule has 0 bridgehead atoms. The molecule has 5 rings (SSSR count). The minimum absolute atomic E-state index is 0.273. The molecule has 12 heteroatoms. The van der Waals surface area contributed by atoms with Crippen molar-refractivity contribution in [2.24, 2.45) is 0 Å². The van der Waals surface area contributed by atoms with Gasteiger partial charge in [0.1, 0.15) is 0 Å². The van der Waals surface area contributed by atoms with E-state index in [9.17, 15) is 4.79 Å². The Hall–Kier alpha value is -4.16. The van der Waals surface area contributed by atoms with Gasteiger partial charge in [0.05, 0.1) is 25.2 Å². The van der Waals surface area contributed by atoms with Gasteiger partial charge in [-0.2, -0.15) is 19.6 Å². The Morgan fingerprint density at radius 1 is 1.16 bits per heavy atom. The lowest BCUT2D eigenvalue weighted by Gasteiger charge is -2.34. The predicted molar refractivity (Wildman–Crippen MR) is 144 cm³/mol. The molecule has 190 valence electrons. The fourth-order valence-corrected chi connectivity index (χ4v) is 4.79. The number of amides is 1. The quantitative estimate of drug-likeness (QED) is 0.338. The molecule has 4 aromatic rings. The summed E-state index contributed by atoms with van der Waals surface area (Å²) >= 11 is 1.40. The number of carbonyl (C=O) groups excluding carboxylic acids is 1. The first-order valence-electron chi connectivity index (χ1n) is 11.7. The highest BCUT2D eigenvalue weighted by Crippen LogP contribution is 2.32. The van der Waals surface area contributed by atoms with Crippen LogP contribution in [0.5, 0.6) is 5.75 Å². The Bertz CT molecular complexity index is 1430. The maximum atomic E-state index is 11.7. The normalized spacial score (nSPS) is 13.9. The Morgan fingerprint density at radius 3 is 2.78 bits per heavy atom. The zero-order valence-electron chi connectivity index (χ0n) is 20.6. The standard InChI is InChI=1S/C25H27N9O2S/c1-4-22(35)28-17-6-5-7-19(14-17)37-25-31-24(29-21-8-9-27-34(21)25)30-23-20(36-3)15-18(16-26-23)33-12-10-32(2)11-13-33/h4-9,14-16H,1,10-13H2,2-3H3,(H,28,35)(H,26,29,30). The van der Waals surface area contributed by atoms with E-state index < -0.39 is 0 Å². The van der Waals surface area contributed by atoms with E-state index in [2.05, 4.69) is 49.1 Å². The maximum absolute atomic E-state index is 11.7. The van der Waals surface area contributed by atoms with Crippen molar-refractivity contribution in [1.82, 2.24) is 29.5 Å². The molecule has 1 saturated heterocycles. The highest BCUT2D eigenvalue weighted by atomic mass is 32.2. The number of nitrogens with one attached hydrogen (secondary N) is 2. The van der Waals surface area contributed by atoms with Gasteiger partial charge in [0, 0.05) is 48.9 Å². The van der Waals surface area contributed by atoms with Gasteiger partial charge in [-0.1, -0.05) is 12.6 Å². The summed E-state index contributed by atoms with van der Waals surface area (Å²) in [5.74, 6) is 1.22. The number of benzene rings is 1. The fourth-order valence-electron chi connectivity index (χ4n) is 3.89. The second-order valence-corrected chi connectivity index (χ2v) is 9.45. The first-order valence-corrected chi connectivity index (χ1v) is 12.5. The van der Waals surface area contributed by atoms with E-state index in [1.165, 1.54) is 17.8 Å².